The highest BCUT2D eigenvalue weighted by Gasteiger charge is 2.46. The molecular weight excluding hydrogens is 364 g/mol. The average molecular weight is 399 g/mol. The number of hydrogen-bond donors (Lipinski definition) is 0. The molecule has 0 radical (unpaired) electrons. The van der Waals surface area contributed by atoms with Crippen molar-refractivity contribution in [2.75, 3.05) is 44.8 Å². The lowest BCUT2D eigenvalue weighted by Gasteiger charge is -2.38. The molecule has 29 heavy (non-hydrogen) atoms. The summed E-state index contributed by atoms with van der Waals surface area (Å²) in [7, 11) is 1.70. The van der Waals surface area contributed by atoms with Gasteiger partial charge in [0.15, 0.2) is 0 Å². The molecule has 5 nitrogen and oxygen atoms in total. The predicted molar refractivity (Wildman–Crippen MR) is 115 cm³/mol. The Morgan fingerprint density at radius 1 is 1.10 bits per heavy atom. The summed E-state index contributed by atoms with van der Waals surface area (Å²) in [6.45, 7) is 8.79. The number of carbonyl (C=O) groups excluding carboxylic acids is 1. The van der Waals surface area contributed by atoms with E-state index in [1.165, 1.54) is 18.5 Å². The van der Waals surface area contributed by atoms with Gasteiger partial charge in [-0.1, -0.05) is 19.1 Å². The van der Waals surface area contributed by atoms with Crippen LogP contribution in [-0.2, 0) is 9.53 Å². The van der Waals surface area contributed by atoms with Crippen LogP contribution in [0.5, 0.6) is 5.75 Å². The summed E-state index contributed by atoms with van der Waals surface area (Å²) >= 11 is 0. The number of methoxy groups -OCH3 is 1. The van der Waals surface area contributed by atoms with Gasteiger partial charge in [0.25, 0.3) is 0 Å². The minimum atomic E-state index is -0.00414. The van der Waals surface area contributed by atoms with E-state index in [9.17, 15) is 4.79 Å². The third-order valence-electron chi connectivity index (χ3n) is 7.11. The molecule has 2 heterocycles. The van der Waals surface area contributed by atoms with Gasteiger partial charge in [-0.15, -0.1) is 0 Å². The van der Waals surface area contributed by atoms with Crippen molar-refractivity contribution < 1.29 is 14.3 Å². The van der Waals surface area contributed by atoms with E-state index in [1.54, 1.807) is 7.11 Å². The minimum absolute atomic E-state index is 0.00414. The average Bonchev–Trinajstić information content (AvgIpc) is 3.18. The summed E-state index contributed by atoms with van der Waals surface area (Å²) in [6.07, 6.45) is 6.94. The second kappa shape index (κ2) is 8.78. The van der Waals surface area contributed by atoms with Crippen molar-refractivity contribution >= 4 is 11.7 Å². The van der Waals surface area contributed by atoms with E-state index in [2.05, 4.69) is 41.0 Å². The molecule has 1 aromatic rings. The maximum atomic E-state index is 12.6. The van der Waals surface area contributed by atoms with Crippen LogP contribution in [0, 0.1) is 23.7 Å². The lowest BCUT2D eigenvalue weighted by molar-refractivity contribution is -0.152. The Hall–Kier alpha value is -2.01. The number of anilines is 1. The quantitative estimate of drug-likeness (QED) is 0.560. The van der Waals surface area contributed by atoms with E-state index in [-0.39, 0.29) is 17.8 Å². The number of fused-ring (bicyclic) bond motifs is 1. The number of carbonyl (C=O) groups is 1. The van der Waals surface area contributed by atoms with Gasteiger partial charge in [-0.2, -0.15) is 0 Å². The Labute approximate surface area is 174 Å². The number of hydrogen-bond acceptors (Lipinski definition) is 5. The third-order valence-corrected chi connectivity index (χ3v) is 7.11. The maximum Gasteiger partial charge on any atom is 0.309 e. The van der Waals surface area contributed by atoms with E-state index in [1.807, 2.05) is 19.1 Å². The third kappa shape index (κ3) is 4.16. The van der Waals surface area contributed by atoms with Crippen LogP contribution in [0.15, 0.2) is 36.4 Å². The van der Waals surface area contributed by atoms with Gasteiger partial charge >= 0.3 is 5.97 Å². The van der Waals surface area contributed by atoms with Gasteiger partial charge in [-0.25, -0.2) is 0 Å². The van der Waals surface area contributed by atoms with Crippen LogP contribution in [-0.4, -0.2) is 56.8 Å². The Kier molecular flexibility index (Phi) is 6.14. The maximum absolute atomic E-state index is 12.6. The molecule has 0 unspecified atom stereocenters. The highest BCUT2D eigenvalue weighted by Crippen LogP contribution is 2.41. The topological polar surface area (TPSA) is 42.0 Å². The van der Waals surface area contributed by atoms with Gasteiger partial charge < -0.3 is 14.4 Å². The summed E-state index contributed by atoms with van der Waals surface area (Å²) < 4.78 is 10.7. The summed E-state index contributed by atoms with van der Waals surface area (Å²) in [5.74, 6) is 2.06. The van der Waals surface area contributed by atoms with E-state index in [0.29, 0.717) is 24.5 Å². The zero-order valence-corrected chi connectivity index (χ0v) is 17.9. The summed E-state index contributed by atoms with van der Waals surface area (Å²) in [6, 6.07) is 8.99. The van der Waals surface area contributed by atoms with Gasteiger partial charge in [-0.05, 0) is 61.8 Å². The normalized spacial score (nSPS) is 30.2. The molecule has 0 aromatic heterocycles. The number of likely N-dealkylation sites (tertiary alicyclic amines) is 1. The molecule has 2 aliphatic heterocycles. The summed E-state index contributed by atoms with van der Waals surface area (Å²) in [5.41, 5.74) is 1.28. The molecule has 5 heteroatoms. The zero-order valence-electron chi connectivity index (χ0n) is 17.9. The van der Waals surface area contributed by atoms with Crippen LogP contribution in [0.2, 0.25) is 0 Å². The van der Waals surface area contributed by atoms with Crippen LogP contribution < -0.4 is 9.64 Å². The van der Waals surface area contributed by atoms with Crippen molar-refractivity contribution in [1.82, 2.24) is 4.90 Å². The van der Waals surface area contributed by atoms with Crippen molar-refractivity contribution in [2.24, 2.45) is 23.7 Å². The summed E-state index contributed by atoms with van der Waals surface area (Å²) in [4.78, 5) is 17.7. The molecule has 0 amide bonds. The number of piperidine rings is 1. The molecule has 2 saturated heterocycles. The molecule has 3 aliphatic rings. The number of nitrogens with zero attached hydrogens (tertiary/aromatic N) is 2. The standard InChI is InChI=1S/C24H34N2O3/c1-4-29-24(27)23-17(2)5-6-18-15-26(16-22(18)23)20-11-13-25(14-12-20)19-7-9-21(28-3)10-8-19/h5-10,17-18,20,22-23H,4,11-16H2,1-3H3/t17-,18-,22+,23+/m0/s1. The fourth-order valence-corrected chi connectivity index (χ4v) is 5.51. The fraction of sp³-hybridized carbons (Fsp3) is 0.625. The first-order chi connectivity index (χ1) is 14.1. The van der Waals surface area contributed by atoms with Gasteiger partial charge in [0.2, 0.25) is 0 Å². The van der Waals surface area contributed by atoms with Gasteiger partial charge in [0.1, 0.15) is 5.75 Å². The molecular formula is C24H34N2O3. The second-order valence-electron chi connectivity index (χ2n) is 8.72. The van der Waals surface area contributed by atoms with Crippen molar-refractivity contribution in [1.29, 1.82) is 0 Å². The number of ether oxygens (including phenoxy) is 2. The smallest absolute Gasteiger partial charge is 0.309 e. The van der Waals surface area contributed by atoms with Crippen LogP contribution in [0.1, 0.15) is 26.7 Å². The van der Waals surface area contributed by atoms with Gasteiger partial charge in [0.05, 0.1) is 19.6 Å². The van der Waals surface area contributed by atoms with Crippen molar-refractivity contribution in [3.05, 3.63) is 36.4 Å². The first-order valence-electron chi connectivity index (χ1n) is 11.1. The highest BCUT2D eigenvalue weighted by atomic mass is 16.5. The van der Waals surface area contributed by atoms with E-state index < -0.39 is 0 Å². The second-order valence-corrected chi connectivity index (χ2v) is 8.72. The van der Waals surface area contributed by atoms with Gasteiger partial charge in [0, 0.05) is 37.9 Å². The summed E-state index contributed by atoms with van der Waals surface area (Å²) in [5, 5.41) is 0. The number of rotatable bonds is 5. The van der Waals surface area contributed by atoms with E-state index in [0.717, 1.165) is 31.9 Å². The monoisotopic (exact) mass is 398 g/mol. The fourth-order valence-electron chi connectivity index (χ4n) is 5.51. The van der Waals surface area contributed by atoms with Crippen LogP contribution in [0.4, 0.5) is 5.69 Å². The van der Waals surface area contributed by atoms with Crippen LogP contribution >= 0.6 is 0 Å². The molecule has 1 aliphatic carbocycles. The number of esters is 1. The molecule has 0 N–H and O–H groups in total. The van der Waals surface area contributed by atoms with Gasteiger partial charge in [-0.3, -0.25) is 9.69 Å². The van der Waals surface area contributed by atoms with Crippen molar-refractivity contribution in [3.8, 4) is 5.75 Å². The van der Waals surface area contributed by atoms with Crippen LogP contribution in [0.3, 0.4) is 0 Å². The molecule has 4 atom stereocenters. The Morgan fingerprint density at radius 2 is 1.83 bits per heavy atom. The largest absolute Gasteiger partial charge is 0.497 e. The molecule has 4 rings (SSSR count). The first-order valence-corrected chi connectivity index (χ1v) is 11.1. The Bertz CT molecular complexity index is 724. The number of allylic oxidation sites excluding steroid dienone is 1. The molecule has 0 saturated carbocycles. The Morgan fingerprint density at radius 3 is 2.48 bits per heavy atom. The molecule has 158 valence electrons. The predicted octanol–water partition coefficient (Wildman–Crippen LogP) is 3.60. The minimum Gasteiger partial charge on any atom is -0.497 e. The molecule has 1 aromatic carbocycles. The SMILES string of the molecule is CCOC(=O)[C@H]1[C@@H]2CN(C3CCN(c4ccc(OC)cc4)CC3)C[C@@H]2C=C[C@@H]1C. The van der Waals surface area contributed by atoms with Crippen molar-refractivity contribution in [2.45, 2.75) is 32.7 Å². The molecule has 0 spiro atoms. The van der Waals surface area contributed by atoms with Crippen LogP contribution in [0.25, 0.3) is 0 Å². The van der Waals surface area contributed by atoms with E-state index >= 15 is 0 Å². The highest BCUT2D eigenvalue weighted by molar-refractivity contribution is 5.74. The first kappa shape index (κ1) is 20.3. The van der Waals surface area contributed by atoms with Crippen molar-refractivity contribution in [3.63, 3.8) is 0 Å². The number of benzene rings is 1. The zero-order chi connectivity index (χ0) is 20.4. The Balaban J connectivity index is 1.36. The molecule has 2 fully saturated rings. The molecule has 0 bridgehead atoms. The lowest BCUT2D eigenvalue weighted by atomic mass is 9.72. The van der Waals surface area contributed by atoms with E-state index in [4.69, 9.17) is 9.47 Å². The lowest BCUT2D eigenvalue weighted by Crippen LogP contribution is -2.44.